The summed E-state index contributed by atoms with van der Waals surface area (Å²) in [6.45, 7) is 4.19. The highest BCUT2D eigenvalue weighted by Gasteiger charge is 2.46. The number of aliphatic hydroxyl groups is 1. The fourth-order valence-electron chi connectivity index (χ4n) is 4.97. The lowest BCUT2D eigenvalue weighted by molar-refractivity contribution is -0.178. The van der Waals surface area contributed by atoms with Crippen LogP contribution in [0.4, 0.5) is 0 Å². The second-order valence-corrected chi connectivity index (χ2v) is 11.3. The second kappa shape index (κ2) is 8.94. The van der Waals surface area contributed by atoms with Crippen molar-refractivity contribution in [2.75, 3.05) is 19.3 Å². The number of carbonyl (C=O) groups excluding carboxylic acids is 1. The molecule has 3 N–H and O–H groups in total. The standard InChI is InChI=1S/C22H34N2O5S/c1-21(2)13-18(25)17-9-11-22(12-10-19(17)29-21,16-7-5-4-6-8-16)15-23-20(26)14-24-30(3,27)28/h4-8,17-19,24-25H,9-15H2,1-3H3,(H,23,26)/t17-,18+,19+,22+/m1/s1. The minimum atomic E-state index is -3.42. The lowest BCUT2D eigenvalue weighted by Gasteiger charge is -2.43. The molecule has 8 heteroatoms. The van der Waals surface area contributed by atoms with Gasteiger partial charge in [0.15, 0.2) is 0 Å². The largest absolute Gasteiger partial charge is 0.393 e. The van der Waals surface area contributed by atoms with Gasteiger partial charge in [-0.15, -0.1) is 0 Å². The number of ether oxygens (including phenoxy) is 1. The molecule has 3 rings (SSSR count). The average Bonchev–Trinajstić information content (AvgIpc) is 2.85. The molecule has 1 aromatic carbocycles. The minimum absolute atomic E-state index is 0.00283. The molecule has 0 unspecified atom stereocenters. The van der Waals surface area contributed by atoms with E-state index in [1.807, 2.05) is 32.0 Å². The number of benzene rings is 1. The van der Waals surface area contributed by atoms with E-state index >= 15 is 0 Å². The van der Waals surface area contributed by atoms with E-state index in [0.29, 0.717) is 13.0 Å². The van der Waals surface area contributed by atoms with E-state index < -0.39 is 10.0 Å². The number of rotatable bonds is 6. The summed E-state index contributed by atoms with van der Waals surface area (Å²) in [5, 5.41) is 13.7. The highest BCUT2D eigenvalue weighted by Crippen LogP contribution is 2.45. The maximum Gasteiger partial charge on any atom is 0.235 e. The first-order valence-corrected chi connectivity index (χ1v) is 12.5. The molecule has 1 saturated heterocycles. The van der Waals surface area contributed by atoms with Crippen LogP contribution in [-0.2, 0) is 25.0 Å². The molecule has 30 heavy (non-hydrogen) atoms. The van der Waals surface area contributed by atoms with Crippen molar-refractivity contribution in [1.29, 1.82) is 0 Å². The number of hydrogen-bond acceptors (Lipinski definition) is 5. The fraction of sp³-hybridized carbons (Fsp3) is 0.682. The lowest BCUT2D eigenvalue weighted by atomic mass is 9.73. The molecular formula is C22H34N2O5S. The van der Waals surface area contributed by atoms with E-state index in [1.165, 1.54) is 0 Å². The van der Waals surface area contributed by atoms with Crippen LogP contribution in [0.3, 0.4) is 0 Å². The van der Waals surface area contributed by atoms with Gasteiger partial charge in [-0.1, -0.05) is 30.3 Å². The Kier molecular flexibility index (Phi) is 6.91. The second-order valence-electron chi connectivity index (χ2n) is 9.45. The van der Waals surface area contributed by atoms with Gasteiger partial charge in [0.1, 0.15) is 0 Å². The maximum atomic E-state index is 12.3. The van der Waals surface area contributed by atoms with E-state index in [1.54, 1.807) is 0 Å². The van der Waals surface area contributed by atoms with Crippen molar-refractivity contribution in [2.24, 2.45) is 5.92 Å². The van der Waals surface area contributed by atoms with Gasteiger partial charge in [0.05, 0.1) is 30.6 Å². The van der Waals surface area contributed by atoms with Crippen molar-refractivity contribution < 1.29 is 23.1 Å². The molecule has 1 heterocycles. The summed E-state index contributed by atoms with van der Waals surface area (Å²) in [4.78, 5) is 12.3. The zero-order valence-electron chi connectivity index (χ0n) is 18.1. The van der Waals surface area contributed by atoms with Crippen LogP contribution in [0.15, 0.2) is 30.3 Å². The molecule has 4 atom stereocenters. The van der Waals surface area contributed by atoms with Gasteiger partial charge in [-0.05, 0) is 45.1 Å². The summed E-state index contributed by atoms with van der Waals surface area (Å²) < 4.78 is 31.1. The van der Waals surface area contributed by atoms with Crippen molar-refractivity contribution in [2.45, 2.75) is 69.2 Å². The third kappa shape index (κ3) is 5.81. The summed E-state index contributed by atoms with van der Waals surface area (Å²) in [5.74, 6) is -0.263. The topological polar surface area (TPSA) is 105 Å². The number of fused-ring (bicyclic) bond motifs is 1. The number of hydrogen-bond donors (Lipinski definition) is 3. The van der Waals surface area contributed by atoms with Crippen molar-refractivity contribution in [3.05, 3.63) is 35.9 Å². The molecule has 1 aromatic rings. The highest BCUT2D eigenvalue weighted by molar-refractivity contribution is 7.88. The third-order valence-corrected chi connectivity index (χ3v) is 7.18. The molecule has 0 aromatic heterocycles. The predicted molar refractivity (Wildman–Crippen MR) is 116 cm³/mol. The normalized spacial score (nSPS) is 31.4. The molecule has 0 radical (unpaired) electrons. The SMILES string of the molecule is CC1(C)C[C@H](O)[C@H]2CC[C@](CNC(=O)CNS(C)(=O)=O)(c3ccccc3)CC[C@@H]2O1. The van der Waals surface area contributed by atoms with Crippen LogP contribution in [0, 0.1) is 5.92 Å². The zero-order valence-corrected chi connectivity index (χ0v) is 18.9. The lowest BCUT2D eigenvalue weighted by Crippen LogP contribution is -2.48. The Morgan fingerprint density at radius 3 is 2.53 bits per heavy atom. The predicted octanol–water partition coefficient (Wildman–Crippen LogP) is 1.71. The van der Waals surface area contributed by atoms with E-state index in [-0.39, 0.29) is 41.6 Å². The number of nitrogens with one attached hydrogen (secondary N) is 2. The van der Waals surface area contributed by atoms with Crippen molar-refractivity contribution in [3.8, 4) is 0 Å². The summed E-state index contributed by atoms with van der Waals surface area (Å²) in [5.41, 5.74) is 0.520. The van der Waals surface area contributed by atoms with Gasteiger partial charge in [-0.2, -0.15) is 0 Å². The Labute approximate surface area is 179 Å². The third-order valence-electron chi connectivity index (χ3n) is 6.51. The molecular weight excluding hydrogens is 404 g/mol. The molecule has 2 fully saturated rings. The average molecular weight is 439 g/mol. The van der Waals surface area contributed by atoms with E-state index in [9.17, 15) is 18.3 Å². The molecule has 7 nitrogen and oxygen atoms in total. The minimum Gasteiger partial charge on any atom is -0.393 e. The maximum absolute atomic E-state index is 12.3. The van der Waals surface area contributed by atoms with Gasteiger partial charge in [0.2, 0.25) is 15.9 Å². The molecule has 168 valence electrons. The molecule has 2 aliphatic rings. The van der Waals surface area contributed by atoms with Crippen LogP contribution in [0.5, 0.6) is 0 Å². The summed E-state index contributed by atoms with van der Waals surface area (Å²) in [7, 11) is -3.42. The molecule has 1 aliphatic carbocycles. The number of amides is 1. The van der Waals surface area contributed by atoms with E-state index in [2.05, 4.69) is 22.2 Å². The summed E-state index contributed by atoms with van der Waals surface area (Å²) in [6.07, 6.45) is 4.52. The Balaban J connectivity index is 1.77. The molecule has 1 amide bonds. The smallest absolute Gasteiger partial charge is 0.235 e. The van der Waals surface area contributed by atoms with Gasteiger partial charge in [0.25, 0.3) is 0 Å². The van der Waals surface area contributed by atoms with Crippen LogP contribution in [0.25, 0.3) is 0 Å². The van der Waals surface area contributed by atoms with Crippen molar-refractivity contribution in [3.63, 3.8) is 0 Å². The first kappa shape index (κ1) is 23.2. The Morgan fingerprint density at radius 2 is 1.87 bits per heavy atom. The van der Waals surface area contributed by atoms with Crippen LogP contribution in [0.2, 0.25) is 0 Å². The number of sulfonamides is 1. The van der Waals surface area contributed by atoms with Crippen molar-refractivity contribution >= 4 is 15.9 Å². The highest BCUT2D eigenvalue weighted by atomic mass is 32.2. The number of aliphatic hydroxyl groups excluding tert-OH is 1. The number of carbonyl (C=O) groups is 1. The van der Waals surface area contributed by atoms with E-state index in [4.69, 9.17) is 4.74 Å². The Bertz CT molecular complexity index is 842. The summed E-state index contributed by atoms with van der Waals surface area (Å²) >= 11 is 0. The quantitative estimate of drug-likeness (QED) is 0.627. The van der Waals surface area contributed by atoms with Gasteiger partial charge < -0.3 is 15.2 Å². The Morgan fingerprint density at radius 1 is 1.20 bits per heavy atom. The van der Waals surface area contributed by atoms with Gasteiger partial charge >= 0.3 is 0 Å². The molecule has 1 aliphatic heterocycles. The van der Waals surface area contributed by atoms with Gasteiger partial charge in [-0.25, -0.2) is 13.1 Å². The van der Waals surface area contributed by atoms with Crippen LogP contribution < -0.4 is 10.0 Å². The first-order valence-electron chi connectivity index (χ1n) is 10.6. The van der Waals surface area contributed by atoms with Crippen LogP contribution in [-0.4, -0.2) is 56.6 Å². The molecule has 1 saturated carbocycles. The first-order chi connectivity index (χ1) is 14.0. The molecule has 0 spiro atoms. The zero-order chi connectivity index (χ0) is 22.0. The fourth-order valence-corrected chi connectivity index (χ4v) is 5.37. The van der Waals surface area contributed by atoms with E-state index in [0.717, 1.165) is 37.5 Å². The Hall–Kier alpha value is -1.48. The van der Waals surface area contributed by atoms with Crippen molar-refractivity contribution in [1.82, 2.24) is 10.0 Å². The van der Waals surface area contributed by atoms with Gasteiger partial charge in [0, 0.05) is 24.3 Å². The van der Waals surface area contributed by atoms with Crippen LogP contribution >= 0.6 is 0 Å². The monoisotopic (exact) mass is 438 g/mol. The van der Waals surface area contributed by atoms with Gasteiger partial charge in [-0.3, -0.25) is 4.79 Å². The van der Waals surface area contributed by atoms with Crippen LogP contribution in [0.1, 0.15) is 51.5 Å². The molecule has 0 bridgehead atoms. The summed E-state index contributed by atoms with van der Waals surface area (Å²) in [6, 6.07) is 10.1.